The molecule has 0 aliphatic heterocycles. The molecule has 0 saturated heterocycles. The summed E-state index contributed by atoms with van der Waals surface area (Å²) in [6, 6.07) is 0. The van der Waals surface area contributed by atoms with Gasteiger partial charge in [-0.3, -0.25) is 5.32 Å². The van der Waals surface area contributed by atoms with Crippen LogP contribution in [0, 0.1) is 0 Å². The summed E-state index contributed by atoms with van der Waals surface area (Å²) >= 11 is 1.65. The molecule has 0 spiro atoms. The van der Waals surface area contributed by atoms with Gasteiger partial charge in [-0.15, -0.1) is 21.5 Å². The van der Waals surface area contributed by atoms with E-state index in [4.69, 9.17) is 0 Å². The standard InChI is InChI=1S/C10H15N5S/c1-10(2,9-11-4-5-16-9)12-6-8-14-13-7-15(8)3/h4-5,7,12H,6H2,1-3H3. The predicted octanol–water partition coefficient (Wildman–Crippen LogP) is 1.30. The van der Waals surface area contributed by atoms with Gasteiger partial charge in [0.15, 0.2) is 0 Å². The first-order valence-electron chi connectivity index (χ1n) is 5.07. The van der Waals surface area contributed by atoms with E-state index in [1.807, 2.05) is 23.2 Å². The number of nitrogens with one attached hydrogen (secondary N) is 1. The largest absolute Gasteiger partial charge is 0.320 e. The van der Waals surface area contributed by atoms with Crippen LogP contribution in [0.1, 0.15) is 24.7 Å². The molecule has 0 atom stereocenters. The van der Waals surface area contributed by atoms with Crippen molar-refractivity contribution in [3.63, 3.8) is 0 Å². The highest BCUT2D eigenvalue weighted by molar-refractivity contribution is 7.09. The fraction of sp³-hybridized carbons (Fsp3) is 0.500. The van der Waals surface area contributed by atoms with Gasteiger partial charge < -0.3 is 4.57 Å². The Bertz CT molecular complexity index is 445. The van der Waals surface area contributed by atoms with Crippen molar-refractivity contribution in [2.75, 3.05) is 0 Å². The van der Waals surface area contributed by atoms with E-state index in [1.165, 1.54) is 0 Å². The molecule has 16 heavy (non-hydrogen) atoms. The van der Waals surface area contributed by atoms with Crippen LogP contribution >= 0.6 is 11.3 Å². The number of nitrogens with zero attached hydrogens (tertiary/aromatic N) is 4. The molecule has 86 valence electrons. The Kier molecular flexibility index (Phi) is 3.02. The number of aryl methyl sites for hydroxylation is 1. The second-order valence-corrected chi connectivity index (χ2v) is 5.07. The summed E-state index contributed by atoms with van der Waals surface area (Å²) in [6.45, 7) is 4.91. The quantitative estimate of drug-likeness (QED) is 0.870. The fourth-order valence-electron chi connectivity index (χ4n) is 1.37. The molecule has 2 aromatic heterocycles. The van der Waals surface area contributed by atoms with Crippen LogP contribution in [0.3, 0.4) is 0 Å². The Labute approximate surface area is 98.5 Å². The molecule has 0 aromatic carbocycles. The summed E-state index contributed by atoms with van der Waals surface area (Å²) in [5, 5.41) is 14.4. The number of thiazole rings is 1. The lowest BCUT2D eigenvalue weighted by Crippen LogP contribution is -2.36. The summed E-state index contributed by atoms with van der Waals surface area (Å²) in [5.41, 5.74) is -0.139. The van der Waals surface area contributed by atoms with Gasteiger partial charge in [0.1, 0.15) is 17.2 Å². The first kappa shape index (κ1) is 11.2. The maximum atomic E-state index is 4.32. The van der Waals surface area contributed by atoms with Crippen LogP contribution in [0.5, 0.6) is 0 Å². The molecule has 2 heterocycles. The minimum Gasteiger partial charge on any atom is -0.320 e. The lowest BCUT2D eigenvalue weighted by atomic mass is 10.1. The molecule has 0 saturated carbocycles. The van der Waals surface area contributed by atoms with E-state index < -0.39 is 0 Å². The number of aromatic nitrogens is 4. The van der Waals surface area contributed by atoms with Gasteiger partial charge in [0.2, 0.25) is 0 Å². The Balaban J connectivity index is 2.03. The average Bonchev–Trinajstić information content (AvgIpc) is 2.85. The van der Waals surface area contributed by atoms with Crippen LogP contribution in [0.2, 0.25) is 0 Å². The molecule has 0 bridgehead atoms. The highest BCUT2D eigenvalue weighted by Crippen LogP contribution is 2.22. The van der Waals surface area contributed by atoms with Crippen LogP contribution in [0.4, 0.5) is 0 Å². The van der Waals surface area contributed by atoms with Gasteiger partial charge in [-0.2, -0.15) is 0 Å². The number of rotatable bonds is 4. The van der Waals surface area contributed by atoms with Gasteiger partial charge >= 0.3 is 0 Å². The number of hydrogen-bond acceptors (Lipinski definition) is 5. The first-order chi connectivity index (χ1) is 7.59. The Morgan fingerprint density at radius 2 is 2.31 bits per heavy atom. The first-order valence-corrected chi connectivity index (χ1v) is 5.95. The summed E-state index contributed by atoms with van der Waals surface area (Å²) in [4.78, 5) is 4.32. The zero-order valence-corrected chi connectivity index (χ0v) is 10.5. The van der Waals surface area contributed by atoms with Crippen molar-refractivity contribution in [2.24, 2.45) is 7.05 Å². The van der Waals surface area contributed by atoms with Crippen LogP contribution in [-0.4, -0.2) is 19.7 Å². The van der Waals surface area contributed by atoms with Crippen molar-refractivity contribution in [1.82, 2.24) is 25.1 Å². The molecule has 2 rings (SSSR count). The van der Waals surface area contributed by atoms with Crippen molar-refractivity contribution >= 4 is 11.3 Å². The molecule has 0 fully saturated rings. The normalized spacial score (nSPS) is 11.9. The highest BCUT2D eigenvalue weighted by atomic mass is 32.1. The SMILES string of the molecule is Cn1cnnc1CNC(C)(C)c1nccs1. The second-order valence-electron chi connectivity index (χ2n) is 4.17. The number of hydrogen-bond donors (Lipinski definition) is 1. The summed E-state index contributed by atoms with van der Waals surface area (Å²) in [6.07, 6.45) is 3.53. The van der Waals surface area contributed by atoms with E-state index in [9.17, 15) is 0 Å². The molecule has 0 unspecified atom stereocenters. The smallest absolute Gasteiger partial charge is 0.146 e. The van der Waals surface area contributed by atoms with Crippen molar-refractivity contribution < 1.29 is 0 Å². The van der Waals surface area contributed by atoms with Crippen molar-refractivity contribution in [3.8, 4) is 0 Å². The summed E-state index contributed by atoms with van der Waals surface area (Å²) in [5.74, 6) is 0.921. The third-order valence-corrected chi connectivity index (χ3v) is 3.56. The molecule has 0 aliphatic carbocycles. The third-order valence-electron chi connectivity index (χ3n) is 2.46. The Hall–Kier alpha value is -1.27. The predicted molar refractivity (Wildman–Crippen MR) is 63.0 cm³/mol. The minimum atomic E-state index is -0.139. The lowest BCUT2D eigenvalue weighted by Gasteiger charge is -2.23. The molecule has 5 nitrogen and oxygen atoms in total. The molecular weight excluding hydrogens is 222 g/mol. The van der Waals surface area contributed by atoms with E-state index in [1.54, 1.807) is 17.7 Å². The maximum absolute atomic E-state index is 4.32. The summed E-state index contributed by atoms with van der Waals surface area (Å²) in [7, 11) is 1.94. The lowest BCUT2D eigenvalue weighted by molar-refractivity contribution is 0.390. The van der Waals surface area contributed by atoms with Gasteiger partial charge in [-0.05, 0) is 13.8 Å². The zero-order chi connectivity index (χ0) is 11.6. The Morgan fingerprint density at radius 1 is 1.50 bits per heavy atom. The topological polar surface area (TPSA) is 55.6 Å². The maximum Gasteiger partial charge on any atom is 0.146 e. The highest BCUT2D eigenvalue weighted by Gasteiger charge is 2.22. The zero-order valence-electron chi connectivity index (χ0n) is 9.64. The van der Waals surface area contributed by atoms with Crippen LogP contribution in [0.15, 0.2) is 17.9 Å². The van der Waals surface area contributed by atoms with Gasteiger partial charge in [-0.25, -0.2) is 4.98 Å². The van der Waals surface area contributed by atoms with E-state index in [0.29, 0.717) is 6.54 Å². The van der Waals surface area contributed by atoms with Gasteiger partial charge in [0.05, 0.1) is 12.1 Å². The molecule has 1 N–H and O–H groups in total. The molecule has 0 amide bonds. The van der Waals surface area contributed by atoms with E-state index >= 15 is 0 Å². The van der Waals surface area contributed by atoms with E-state index in [-0.39, 0.29) is 5.54 Å². The van der Waals surface area contributed by atoms with E-state index in [0.717, 1.165) is 10.8 Å². The summed E-state index contributed by atoms with van der Waals surface area (Å²) < 4.78 is 1.91. The van der Waals surface area contributed by atoms with Gasteiger partial charge in [0, 0.05) is 18.6 Å². The second kappa shape index (κ2) is 4.31. The fourth-order valence-corrected chi connectivity index (χ4v) is 2.11. The average molecular weight is 237 g/mol. The molecular formula is C10H15N5S. The minimum absolute atomic E-state index is 0.139. The van der Waals surface area contributed by atoms with E-state index in [2.05, 4.69) is 34.3 Å². The molecule has 0 radical (unpaired) electrons. The van der Waals surface area contributed by atoms with Gasteiger partial charge in [-0.1, -0.05) is 0 Å². The van der Waals surface area contributed by atoms with Crippen LogP contribution in [0.25, 0.3) is 0 Å². The van der Waals surface area contributed by atoms with Crippen LogP contribution < -0.4 is 5.32 Å². The molecule has 2 aromatic rings. The van der Waals surface area contributed by atoms with Gasteiger partial charge in [0.25, 0.3) is 0 Å². The molecule has 0 aliphatic rings. The molecule has 6 heteroatoms. The van der Waals surface area contributed by atoms with Crippen LogP contribution in [-0.2, 0) is 19.1 Å². The third kappa shape index (κ3) is 2.28. The van der Waals surface area contributed by atoms with Crippen molar-refractivity contribution in [1.29, 1.82) is 0 Å². The van der Waals surface area contributed by atoms with Crippen molar-refractivity contribution in [3.05, 3.63) is 28.7 Å². The van der Waals surface area contributed by atoms with Crippen molar-refractivity contribution in [2.45, 2.75) is 25.9 Å². The monoisotopic (exact) mass is 237 g/mol. The Morgan fingerprint density at radius 3 is 2.88 bits per heavy atom.